The number of nitrogens with one attached hydrogen (secondary N) is 1. The highest BCUT2D eigenvalue weighted by Gasteiger charge is 2.44. The number of carbonyl (C=O) groups excluding carboxylic acids is 2. The number of alkyl halides is 4. The predicted molar refractivity (Wildman–Crippen MR) is 129 cm³/mol. The van der Waals surface area contributed by atoms with Crippen LogP contribution in [-0.2, 0) is 19.3 Å². The van der Waals surface area contributed by atoms with Crippen molar-refractivity contribution in [3.8, 4) is 5.75 Å². The Hall–Kier alpha value is -4.29. The third kappa shape index (κ3) is 5.66. The second-order valence-corrected chi connectivity index (χ2v) is 8.59. The molecule has 1 N–H and O–H groups in total. The molecule has 9 nitrogen and oxygen atoms in total. The molecule has 1 aromatic heterocycles. The molecule has 2 amide bonds. The van der Waals surface area contributed by atoms with Crippen LogP contribution in [0.4, 0.5) is 23.4 Å². The minimum Gasteiger partial charge on any atom is -0.491 e. The third-order valence-electron chi connectivity index (χ3n) is 6.01. The Morgan fingerprint density at radius 2 is 1.89 bits per heavy atom. The molecule has 1 aliphatic heterocycles. The molecule has 0 radical (unpaired) electrons. The van der Waals surface area contributed by atoms with E-state index in [1.54, 1.807) is 36.1 Å². The quantitative estimate of drug-likeness (QED) is 0.317. The first-order valence-corrected chi connectivity index (χ1v) is 11.6. The number of rotatable bonds is 9. The minimum atomic E-state index is -4.87. The van der Waals surface area contributed by atoms with Crippen LogP contribution in [0.1, 0.15) is 50.5 Å². The minimum absolute atomic E-state index is 0.0371. The van der Waals surface area contributed by atoms with Crippen LogP contribution in [0.3, 0.4) is 0 Å². The second kappa shape index (κ2) is 11.0. The van der Waals surface area contributed by atoms with Crippen molar-refractivity contribution in [1.82, 2.24) is 15.1 Å². The number of amides is 2. The number of fused-ring (bicyclic) bond motifs is 1. The monoisotopic (exact) mass is 533 g/mol. The van der Waals surface area contributed by atoms with Gasteiger partial charge in [-0.2, -0.15) is 18.3 Å². The van der Waals surface area contributed by atoms with Gasteiger partial charge in [0.1, 0.15) is 30.4 Å². The summed E-state index contributed by atoms with van der Waals surface area (Å²) in [5.41, 5.74) is -0.640. The van der Waals surface area contributed by atoms with E-state index in [4.69, 9.17) is 4.74 Å². The average Bonchev–Trinajstić information content (AvgIpc) is 3.47. The summed E-state index contributed by atoms with van der Waals surface area (Å²) in [4.78, 5) is 36.7. The molecule has 0 spiro atoms. The molecular formula is C25H23F4N5O4. The second-order valence-electron chi connectivity index (χ2n) is 8.59. The first kappa shape index (κ1) is 26.8. The lowest BCUT2D eigenvalue weighted by Crippen LogP contribution is -2.31. The topological polar surface area (TPSA) is 106 Å². The molecule has 13 heteroatoms. The van der Waals surface area contributed by atoms with Crippen LogP contribution in [0.15, 0.2) is 53.7 Å². The first-order valence-electron chi connectivity index (χ1n) is 11.6. The Balaban J connectivity index is 1.60. The lowest BCUT2D eigenvalue weighted by Gasteiger charge is -2.21. The van der Waals surface area contributed by atoms with Crippen molar-refractivity contribution >= 4 is 17.6 Å². The van der Waals surface area contributed by atoms with Crippen molar-refractivity contribution in [1.29, 1.82) is 0 Å². The number of benzene rings is 2. The van der Waals surface area contributed by atoms with Gasteiger partial charge in [-0.25, -0.2) is 9.07 Å². The summed E-state index contributed by atoms with van der Waals surface area (Å²) >= 11 is 0. The van der Waals surface area contributed by atoms with Crippen molar-refractivity contribution in [2.24, 2.45) is 5.18 Å². The number of hydrogen-bond acceptors (Lipinski definition) is 6. The number of hydrogen-bond donors (Lipinski definition) is 1. The van der Waals surface area contributed by atoms with E-state index in [1.165, 1.54) is 28.9 Å². The van der Waals surface area contributed by atoms with Gasteiger partial charge in [0.15, 0.2) is 5.69 Å². The average molecular weight is 533 g/mol. The largest absolute Gasteiger partial charge is 0.491 e. The van der Waals surface area contributed by atoms with Gasteiger partial charge in [-0.15, -0.1) is 4.91 Å². The molecule has 200 valence electrons. The van der Waals surface area contributed by atoms with E-state index in [9.17, 15) is 32.1 Å². The molecule has 2 heterocycles. The van der Waals surface area contributed by atoms with Crippen LogP contribution in [0.5, 0.6) is 5.75 Å². The van der Waals surface area contributed by atoms with Crippen LogP contribution in [-0.4, -0.2) is 41.4 Å². The predicted octanol–water partition coefficient (Wildman–Crippen LogP) is 4.67. The lowest BCUT2D eigenvalue weighted by atomic mass is 10.0. The zero-order chi connectivity index (χ0) is 27.4. The fraction of sp³-hybridized carbons (Fsp3) is 0.320. The van der Waals surface area contributed by atoms with E-state index in [-0.39, 0.29) is 31.1 Å². The van der Waals surface area contributed by atoms with Crippen LogP contribution >= 0.6 is 0 Å². The molecular weight excluding hydrogens is 510 g/mol. The third-order valence-corrected chi connectivity index (χ3v) is 6.01. The highest BCUT2D eigenvalue weighted by atomic mass is 19.4. The van der Waals surface area contributed by atoms with E-state index in [1.807, 2.05) is 0 Å². The maximum Gasteiger partial charge on any atom is 0.436 e. The molecule has 2 aromatic carbocycles. The van der Waals surface area contributed by atoms with Gasteiger partial charge in [-0.05, 0) is 42.3 Å². The van der Waals surface area contributed by atoms with Crippen molar-refractivity contribution in [3.63, 3.8) is 0 Å². The van der Waals surface area contributed by atoms with Gasteiger partial charge >= 0.3 is 12.1 Å². The fourth-order valence-electron chi connectivity index (χ4n) is 4.24. The number of nitrogens with zero attached hydrogens (tertiary/aromatic N) is 4. The van der Waals surface area contributed by atoms with Gasteiger partial charge in [0.25, 0.3) is 5.91 Å². The van der Waals surface area contributed by atoms with Crippen molar-refractivity contribution in [2.75, 3.05) is 24.7 Å². The molecule has 0 saturated carbocycles. The van der Waals surface area contributed by atoms with E-state index in [2.05, 4.69) is 15.6 Å². The molecule has 1 atom stereocenters. The number of ether oxygens (including phenoxy) is 1. The molecule has 1 unspecified atom stereocenters. The Morgan fingerprint density at radius 1 is 1.16 bits per heavy atom. The smallest absolute Gasteiger partial charge is 0.436 e. The fourth-order valence-corrected chi connectivity index (χ4v) is 4.24. The Labute approximate surface area is 214 Å². The zero-order valence-corrected chi connectivity index (χ0v) is 20.2. The van der Waals surface area contributed by atoms with Gasteiger partial charge in [0, 0.05) is 23.8 Å². The Morgan fingerprint density at radius 3 is 2.55 bits per heavy atom. The van der Waals surface area contributed by atoms with Crippen LogP contribution < -0.4 is 15.0 Å². The highest BCUT2D eigenvalue weighted by Crippen LogP contribution is 2.39. The SMILES string of the molecule is CC(NC(=O)c1c(C(F)(F)F)nn2c1N(Cc1cccc(OCCF)c1)CC2)c1ccc(C(=O)N=O)cc1. The Bertz CT molecular complexity index is 1340. The van der Waals surface area contributed by atoms with E-state index in [0.29, 0.717) is 23.4 Å². The maximum absolute atomic E-state index is 13.9. The van der Waals surface area contributed by atoms with E-state index in [0.717, 1.165) is 0 Å². The number of halogens is 4. The van der Waals surface area contributed by atoms with Crippen LogP contribution in [0.2, 0.25) is 0 Å². The molecule has 1 aliphatic rings. The summed E-state index contributed by atoms with van der Waals surface area (Å²) < 4.78 is 60.6. The van der Waals surface area contributed by atoms with E-state index < -0.39 is 42.0 Å². The molecule has 0 saturated heterocycles. The van der Waals surface area contributed by atoms with Crippen LogP contribution in [0, 0.1) is 4.91 Å². The van der Waals surface area contributed by atoms with Crippen molar-refractivity contribution < 1.29 is 31.9 Å². The summed E-state index contributed by atoms with van der Waals surface area (Å²) in [5, 5.41) is 8.61. The van der Waals surface area contributed by atoms with Gasteiger partial charge in [0.05, 0.1) is 12.6 Å². The van der Waals surface area contributed by atoms with Gasteiger partial charge in [-0.1, -0.05) is 24.3 Å². The van der Waals surface area contributed by atoms with Crippen LogP contribution in [0.25, 0.3) is 0 Å². The normalized spacial score (nSPS) is 13.7. The molecule has 38 heavy (non-hydrogen) atoms. The van der Waals surface area contributed by atoms with Gasteiger partial charge < -0.3 is 15.0 Å². The highest BCUT2D eigenvalue weighted by molar-refractivity contribution is 6.01. The molecule has 4 rings (SSSR count). The lowest BCUT2D eigenvalue weighted by molar-refractivity contribution is -0.141. The molecule has 0 bridgehead atoms. The summed E-state index contributed by atoms with van der Waals surface area (Å²) in [6, 6.07) is 11.6. The molecule has 0 aliphatic carbocycles. The number of aromatic nitrogens is 2. The molecule has 0 fully saturated rings. The first-order chi connectivity index (χ1) is 18.1. The van der Waals surface area contributed by atoms with Crippen molar-refractivity contribution in [3.05, 3.63) is 81.4 Å². The molecule has 3 aromatic rings. The summed E-state index contributed by atoms with van der Waals surface area (Å²) in [7, 11) is 0. The van der Waals surface area contributed by atoms with Crippen molar-refractivity contribution in [2.45, 2.75) is 32.2 Å². The number of anilines is 1. The number of nitroso groups, excluding NO2 is 1. The van der Waals surface area contributed by atoms with E-state index >= 15 is 0 Å². The summed E-state index contributed by atoms with van der Waals surface area (Å²) in [6.45, 7) is 1.44. The summed E-state index contributed by atoms with van der Waals surface area (Å²) in [5.74, 6) is -1.46. The summed E-state index contributed by atoms with van der Waals surface area (Å²) in [6.07, 6.45) is -4.87. The van der Waals surface area contributed by atoms with Gasteiger partial charge in [0.2, 0.25) is 0 Å². The number of carbonyl (C=O) groups is 2. The standard InChI is InChI=1S/C25H23F4N5O4/c1-15(17-5-7-18(8-6-17)22(35)32-37)30-23(36)20-21(25(27,28)29)31-34-11-10-33(24(20)34)14-16-3-2-4-19(13-16)38-12-9-26/h2-8,13,15H,9-12,14H2,1H3,(H,30,36). The maximum atomic E-state index is 13.9. The Kier molecular flexibility index (Phi) is 7.74. The van der Waals surface area contributed by atoms with Gasteiger partial charge in [-0.3, -0.25) is 9.59 Å². The zero-order valence-electron chi connectivity index (χ0n) is 20.2.